The van der Waals surface area contributed by atoms with Gasteiger partial charge in [-0.05, 0) is 25.8 Å². The van der Waals surface area contributed by atoms with Crippen LogP contribution in [0.2, 0.25) is 0 Å². The van der Waals surface area contributed by atoms with Crippen molar-refractivity contribution in [3.8, 4) is 0 Å². The zero-order valence-corrected chi connectivity index (χ0v) is 10.9. The highest BCUT2D eigenvalue weighted by atomic mass is 16.3. The van der Waals surface area contributed by atoms with Crippen LogP contribution in [0.5, 0.6) is 0 Å². The average Bonchev–Trinajstić information content (AvgIpc) is 2.77. The van der Waals surface area contributed by atoms with E-state index in [1.165, 1.54) is 57.8 Å². The standard InChI is InChI=1S/C14H29NO/c1-2-3-4-5-8-11-15-12-14(13-16)9-6-7-10-14/h15-16H,2-13H2,1H3. The van der Waals surface area contributed by atoms with Crippen molar-refractivity contribution in [1.82, 2.24) is 5.32 Å². The molecule has 0 bridgehead atoms. The molecule has 0 saturated heterocycles. The van der Waals surface area contributed by atoms with Gasteiger partial charge >= 0.3 is 0 Å². The van der Waals surface area contributed by atoms with Crippen molar-refractivity contribution in [2.75, 3.05) is 19.7 Å². The lowest BCUT2D eigenvalue weighted by Gasteiger charge is -2.26. The number of hydrogen-bond acceptors (Lipinski definition) is 2. The Morgan fingerprint density at radius 1 is 1.06 bits per heavy atom. The van der Waals surface area contributed by atoms with Crippen molar-refractivity contribution < 1.29 is 5.11 Å². The van der Waals surface area contributed by atoms with E-state index < -0.39 is 0 Å². The monoisotopic (exact) mass is 227 g/mol. The molecular weight excluding hydrogens is 198 g/mol. The second-order valence-corrected chi connectivity index (χ2v) is 5.46. The lowest BCUT2D eigenvalue weighted by Crippen LogP contribution is -2.35. The first-order valence-corrected chi connectivity index (χ1v) is 7.14. The first-order chi connectivity index (χ1) is 7.83. The van der Waals surface area contributed by atoms with Crippen LogP contribution in [-0.4, -0.2) is 24.8 Å². The summed E-state index contributed by atoms with van der Waals surface area (Å²) in [5, 5.41) is 13.0. The highest BCUT2D eigenvalue weighted by Crippen LogP contribution is 2.36. The van der Waals surface area contributed by atoms with Crippen LogP contribution < -0.4 is 5.32 Å². The predicted octanol–water partition coefficient (Wildman–Crippen LogP) is 3.10. The SMILES string of the molecule is CCCCCCCNCC1(CO)CCCC1. The van der Waals surface area contributed by atoms with Gasteiger partial charge in [-0.25, -0.2) is 0 Å². The van der Waals surface area contributed by atoms with E-state index in [1.54, 1.807) is 0 Å². The minimum absolute atomic E-state index is 0.226. The molecule has 0 aromatic rings. The summed E-state index contributed by atoms with van der Waals surface area (Å²) in [7, 11) is 0. The van der Waals surface area contributed by atoms with Gasteiger partial charge in [0.25, 0.3) is 0 Å². The summed E-state index contributed by atoms with van der Waals surface area (Å²) in [5.41, 5.74) is 0.226. The zero-order valence-electron chi connectivity index (χ0n) is 10.9. The van der Waals surface area contributed by atoms with Crippen molar-refractivity contribution in [1.29, 1.82) is 0 Å². The molecule has 96 valence electrons. The van der Waals surface area contributed by atoms with Gasteiger partial charge in [-0.3, -0.25) is 0 Å². The highest BCUT2D eigenvalue weighted by molar-refractivity contribution is 4.85. The number of unbranched alkanes of at least 4 members (excludes halogenated alkanes) is 4. The van der Waals surface area contributed by atoms with Gasteiger partial charge in [0.15, 0.2) is 0 Å². The average molecular weight is 227 g/mol. The van der Waals surface area contributed by atoms with E-state index in [9.17, 15) is 5.11 Å². The Bertz CT molecular complexity index is 164. The zero-order chi connectivity index (χ0) is 11.7. The van der Waals surface area contributed by atoms with Crippen LogP contribution in [0.25, 0.3) is 0 Å². The highest BCUT2D eigenvalue weighted by Gasteiger charge is 2.32. The van der Waals surface area contributed by atoms with Crippen molar-refractivity contribution in [2.45, 2.75) is 64.7 Å². The number of hydrogen-bond donors (Lipinski definition) is 2. The summed E-state index contributed by atoms with van der Waals surface area (Å²) in [6.07, 6.45) is 11.8. The fourth-order valence-corrected chi connectivity index (χ4v) is 2.72. The molecular formula is C14H29NO. The van der Waals surface area contributed by atoms with Gasteiger partial charge in [0.05, 0.1) is 0 Å². The molecule has 0 atom stereocenters. The van der Waals surface area contributed by atoms with Crippen LogP contribution in [0.1, 0.15) is 64.7 Å². The minimum Gasteiger partial charge on any atom is -0.396 e. The van der Waals surface area contributed by atoms with Crippen LogP contribution in [0, 0.1) is 5.41 Å². The lowest BCUT2D eigenvalue weighted by atomic mass is 9.87. The van der Waals surface area contributed by atoms with Crippen molar-refractivity contribution in [2.24, 2.45) is 5.41 Å². The van der Waals surface area contributed by atoms with Crippen LogP contribution in [-0.2, 0) is 0 Å². The molecule has 0 aliphatic heterocycles. The van der Waals surface area contributed by atoms with E-state index in [-0.39, 0.29) is 5.41 Å². The maximum atomic E-state index is 9.45. The van der Waals surface area contributed by atoms with Crippen LogP contribution in [0.15, 0.2) is 0 Å². The lowest BCUT2D eigenvalue weighted by molar-refractivity contribution is 0.128. The number of rotatable bonds is 9. The Morgan fingerprint density at radius 3 is 2.38 bits per heavy atom. The van der Waals surface area contributed by atoms with Crippen LogP contribution in [0.3, 0.4) is 0 Å². The van der Waals surface area contributed by atoms with Gasteiger partial charge < -0.3 is 10.4 Å². The topological polar surface area (TPSA) is 32.3 Å². The number of nitrogens with one attached hydrogen (secondary N) is 1. The van der Waals surface area contributed by atoms with E-state index in [4.69, 9.17) is 0 Å². The quantitative estimate of drug-likeness (QED) is 0.593. The summed E-state index contributed by atoms with van der Waals surface area (Å²) in [5.74, 6) is 0. The molecule has 2 N–H and O–H groups in total. The molecule has 0 unspecified atom stereocenters. The van der Waals surface area contributed by atoms with Gasteiger partial charge in [0, 0.05) is 18.6 Å². The summed E-state index contributed by atoms with van der Waals surface area (Å²) in [6, 6.07) is 0. The van der Waals surface area contributed by atoms with Crippen molar-refractivity contribution >= 4 is 0 Å². The third-order valence-corrected chi connectivity index (χ3v) is 3.96. The minimum atomic E-state index is 0.226. The first-order valence-electron chi connectivity index (χ1n) is 7.14. The third-order valence-electron chi connectivity index (χ3n) is 3.96. The largest absolute Gasteiger partial charge is 0.396 e. The molecule has 1 saturated carbocycles. The Kier molecular flexibility index (Phi) is 7.06. The predicted molar refractivity (Wildman–Crippen MR) is 69.6 cm³/mol. The summed E-state index contributed by atoms with van der Waals surface area (Å²) < 4.78 is 0. The molecule has 0 heterocycles. The van der Waals surface area contributed by atoms with Gasteiger partial charge in [-0.15, -0.1) is 0 Å². The second kappa shape index (κ2) is 8.08. The Morgan fingerprint density at radius 2 is 1.75 bits per heavy atom. The molecule has 1 fully saturated rings. The molecule has 0 amide bonds. The summed E-state index contributed by atoms with van der Waals surface area (Å²) in [4.78, 5) is 0. The van der Waals surface area contributed by atoms with Crippen LogP contribution in [0.4, 0.5) is 0 Å². The molecule has 1 aliphatic rings. The Hall–Kier alpha value is -0.0800. The fraction of sp³-hybridized carbons (Fsp3) is 1.00. The summed E-state index contributed by atoms with van der Waals surface area (Å²) >= 11 is 0. The van der Waals surface area contributed by atoms with Crippen LogP contribution >= 0.6 is 0 Å². The fourth-order valence-electron chi connectivity index (χ4n) is 2.72. The Labute approximate surface area is 101 Å². The normalized spacial score (nSPS) is 19.1. The maximum Gasteiger partial charge on any atom is 0.0499 e. The Balaban J connectivity index is 1.97. The van der Waals surface area contributed by atoms with Gasteiger partial charge in [-0.2, -0.15) is 0 Å². The van der Waals surface area contributed by atoms with Gasteiger partial charge in [0.2, 0.25) is 0 Å². The van der Waals surface area contributed by atoms with Crippen molar-refractivity contribution in [3.63, 3.8) is 0 Å². The van der Waals surface area contributed by atoms with Crippen molar-refractivity contribution in [3.05, 3.63) is 0 Å². The second-order valence-electron chi connectivity index (χ2n) is 5.46. The van der Waals surface area contributed by atoms with Gasteiger partial charge in [0.1, 0.15) is 0 Å². The number of aliphatic hydroxyl groups excluding tert-OH is 1. The first kappa shape index (κ1) is 14.0. The van der Waals surface area contributed by atoms with E-state index in [2.05, 4.69) is 12.2 Å². The summed E-state index contributed by atoms with van der Waals surface area (Å²) in [6.45, 7) is 4.78. The smallest absolute Gasteiger partial charge is 0.0499 e. The van der Waals surface area contributed by atoms with Gasteiger partial charge in [-0.1, -0.05) is 45.4 Å². The molecule has 2 heteroatoms. The third kappa shape index (κ3) is 4.84. The molecule has 0 aromatic carbocycles. The molecule has 2 nitrogen and oxygen atoms in total. The molecule has 1 aliphatic carbocycles. The molecule has 0 aromatic heterocycles. The van der Waals surface area contributed by atoms with E-state index in [0.29, 0.717) is 6.61 Å². The molecule has 16 heavy (non-hydrogen) atoms. The van der Waals surface area contributed by atoms with E-state index in [1.807, 2.05) is 0 Å². The maximum absolute atomic E-state index is 9.45. The molecule has 0 radical (unpaired) electrons. The molecule has 0 spiro atoms. The van der Waals surface area contributed by atoms with E-state index >= 15 is 0 Å². The molecule has 1 rings (SSSR count). The number of aliphatic hydroxyl groups is 1. The van der Waals surface area contributed by atoms with E-state index in [0.717, 1.165) is 13.1 Å².